The Labute approximate surface area is 214 Å². The Bertz CT molecular complexity index is 1320. The first kappa shape index (κ1) is 26.7. The van der Waals surface area contributed by atoms with Crippen molar-refractivity contribution in [3.63, 3.8) is 0 Å². The van der Waals surface area contributed by atoms with Gasteiger partial charge in [-0.1, -0.05) is 19.6 Å². The lowest BCUT2D eigenvalue weighted by atomic mass is 10.1. The molecule has 9 nitrogen and oxygen atoms in total. The zero-order valence-corrected chi connectivity index (χ0v) is 22.1. The summed E-state index contributed by atoms with van der Waals surface area (Å²) in [6, 6.07) is 2.31. The van der Waals surface area contributed by atoms with E-state index in [1.165, 1.54) is 17.1 Å². The molecule has 198 valence electrons. The van der Waals surface area contributed by atoms with Gasteiger partial charge in [-0.15, -0.1) is 0 Å². The molecule has 1 aliphatic rings. The average Bonchev–Trinajstić information content (AvgIpc) is 3.41. The van der Waals surface area contributed by atoms with Crippen LogP contribution in [0.15, 0.2) is 24.8 Å². The molecule has 0 atom stereocenters. The minimum atomic E-state index is -4.37. The van der Waals surface area contributed by atoms with Crippen LogP contribution in [-0.2, 0) is 24.4 Å². The van der Waals surface area contributed by atoms with Crippen LogP contribution in [0, 0.1) is 6.57 Å². The number of alkyl halides is 3. The third-order valence-corrected chi connectivity index (χ3v) is 7.96. The number of hydrogen-bond acceptors (Lipinski definition) is 5. The van der Waals surface area contributed by atoms with Crippen LogP contribution in [0.2, 0.25) is 25.7 Å². The zero-order chi connectivity index (χ0) is 26.8. The van der Waals surface area contributed by atoms with Crippen LogP contribution < -0.4 is 10.2 Å². The van der Waals surface area contributed by atoms with Gasteiger partial charge in [0.25, 0.3) is 0 Å². The van der Waals surface area contributed by atoms with Crippen LogP contribution in [0.3, 0.4) is 0 Å². The van der Waals surface area contributed by atoms with E-state index in [0.29, 0.717) is 43.5 Å². The maximum absolute atomic E-state index is 12.7. The van der Waals surface area contributed by atoms with Crippen LogP contribution in [0.25, 0.3) is 15.9 Å². The lowest BCUT2D eigenvalue weighted by Crippen LogP contribution is -2.36. The number of hydrogen-bond donors (Lipinski definition) is 1. The molecular formula is C24H30F3N7O2Si. The maximum atomic E-state index is 12.7. The Morgan fingerprint density at radius 1 is 1.30 bits per heavy atom. The van der Waals surface area contributed by atoms with E-state index in [1.807, 2.05) is 21.7 Å². The first-order valence-corrected chi connectivity index (χ1v) is 15.8. The molecule has 3 aromatic rings. The van der Waals surface area contributed by atoms with Crippen molar-refractivity contribution in [3.05, 3.63) is 47.5 Å². The molecule has 0 aliphatic carbocycles. The minimum Gasteiger partial charge on any atom is -0.361 e. The summed E-state index contributed by atoms with van der Waals surface area (Å²) in [5, 5.41) is 3.14. The molecule has 1 amide bonds. The van der Waals surface area contributed by atoms with Crippen molar-refractivity contribution in [1.29, 1.82) is 0 Å². The second-order valence-electron chi connectivity index (χ2n) is 10.3. The zero-order valence-electron chi connectivity index (χ0n) is 21.1. The molecule has 4 heterocycles. The number of carbonyl (C=O) groups is 1. The maximum Gasteiger partial charge on any atom is 0.390 e. The number of fused-ring (bicyclic) bond motifs is 2. The molecule has 0 aromatic carbocycles. The molecular weight excluding hydrogens is 503 g/mol. The number of anilines is 1. The quantitative estimate of drug-likeness (QED) is 0.246. The summed E-state index contributed by atoms with van der Waals surface area (Å²) in [6.45, 7) is 15.8. The van der Waals surface area contributed by atoms with Crippen molar-refractivity contribution in [3.8, 4) is 0 Å². The molecule has 13 heteroatoms. The van der Waals surface area contributed by atoms with Gasteiger partial charge in [0.15, 0.2) is 0 Å². The van der Waals surface area contributed by atoms with Crippen LogP contribution in [0.4, 0.5) is 29.5 Å². The van der Waals surface area contributed by atoms with Gasteiger partial charge in [-0.2, -0.15) is 13.2 Å². The predicted molar refractivity (Wildman–Crippen MR) is 137 cm³/mol. The van der Waals surface area contributed by atoms with E-state index in [4.69, 9.17) is 11.3 Å². The van der Waals surface area contributed by atoms with E-state index in [2.05, 4.69) is 39.8 Å². The van der Waals surface area contributed by atoms with Crippen LogP contribution >= 0.6 is 0 Å². The van der Waals surface area contributed by atoms with Crippen molar-refractivity contribution in [2.45, 2.75) is 58.0 Å². The lowest BCUT2D eigenvalue weighted by Gasteiger charge is -2.30. The van der Waals surface area contributed by atoms with Crippen LogP contribution in [0.1, 0.15) is 17.7 Å². The second-order valence-corrected chi connectivity index (χ2v) is 15.9. The summed E-state index contributed by atoms with van der Waals surface area (Å²) in [5.74, 6) is 0.686. The van der Waals surface area contributed by atoms with Gasteiger partial charge in [-0.3, -0.25) is 4.57 Å². The smallest absolute Gasteiger partial charge is 0.361 e. The summed E-state index contributed by atoms with van der Waals surface area (Å²) in [5.41, 5.74) is 2.36. The van der Waals surface area contributed by atoms with Gasteiger partial charge in [0, 0.05) is 45.9 Å². The van der Waals surface area contributed by atoms with Gasteiger partial charge < -0.3 is 19.5 Å². The summed E-state index contributed by atoms with van der Waals surface area (Å²) >= 11 is 0. The monoisotopic (exact) mass is 533 g/mol. The third-order valence-electron chi connectivity index (χ3n) is 6.26. The third kappa shape index (κ3) is 6.31. The summed E-state index contributed by atoms with van der Waals surface area (Å²) in [7, 11) is -1.19. The highest BCUT2D eigenvalue weighted by molar-refractivity contribution is 6.76. The molecule has 1 N–H and O–H groups in total. The topological polar surface area (TPSA) is 81.6 Å². The summed E-state index contributed by atoms with van der Waals surface area (Å²) in [4.78, 5) is 27.1. The number of rotatable bonds is 8. The minimum absolute atomic E-state index is 0.279. The Morgan fingerprint density at radius 3 is 2.78 bits per heavy atom. The van der Waals surface area contributed by atoms with Gasteiger partial charge in [-0.05, 0) is 24.1 Å². The van der Waals surface area contributed by atoms with Gasteiger partial charge in [0.2, 0.25) is 5.69 Å². The molecule has 0 saturated carbocycles. The van der Waals surface area contributed by atoms with Gasteiger partial charge >= 0.3 is 12.2 Å². The average molecular weight is 534 g/mol. The van der Waals surface area contributed by atoms with Crippen molar-refractivity contribution in [1.82, 2.24) is 24.4 Å². The molecule has 3 aromatic heterocycles. The number of aromatic nitrogens is 4. The Hall–Kier alpha value is -3.37. The van der Waals surface area contributed by atoms with Crippen molar-refractivity contribution in [2.75, 3.05) is 24.6 Å². The van der Waals surface area contributed by atoms with E-state index >= 15 is 0 Å². The van der Waals surface area contributed by atoms with E-state index in [-0.39, 0.29) is 6.54 Å². The number of amides is 1. The van der Waals surface area contributed by atoms with Crippen molar-refractivity contribution >= 4 is 36.6 Å². The fourth-order valence-electron chi connectivity index (χ4n) is 4.26. The summed E-state index contributed by atoms with van der Waals surface area (Å²) < 4.78 is 46.6. The van der Waals surface area contributed by atoms with E-state index < -0.39 is 33.2 Å². The second kappa shape index (κ2) is 10.5. The molecule has 0 unspecified atom stereocenters. The fraction of sp³-hybridized carbons (Fsp3) is 0.500. The Balaban J connectivity index is 1.53. The normalized spacial score (nSPS) is 14.0. The van der Waals surface area contributed by atoms with Crippen LogP contribution in [-0.4, -0.2) is 59.1 Å². The Kier molecular flexibility index (Phi) is 7.61. The number of nitrogens with zero attached hydrogens (tertiary/aromatic N) is 6. The van der Waals surface area contributed by atoms with E-state index in [1.54, 1.807) is 0 Å². The molecule has 0 bridgehead atoms. The van der Waals surface area contributed by atoms with Gasteiger partial charge in [0.05, 0.1) is 24.9 Å². The molecule has 0 fully saturated rings. The predicted octanol–water partition coefficient (Wildman–Crippen LogP) is 5.17. The Morgan fingerprint density at radius 2 is 2.08 bits per heavy atom. The molecule has 4 rings (SSSR count). The first-order chi connectivity index (χ1) is 17.5. The largest absolute Gasteiger partial charge is 0.390 e. The molecule has 37 heavy (non-hydrogen) atoms. The first-order valence-electron chi connectivity index (χ1n) is 12.0. The standard InChI is InChI=1S/C24H30F3N7O2Si/c1-28-19-13-34(23(35)29-8-7-24(25,26)27)20-14-32(9-5-17(19)20)21-18-6-10-33(22(18)31-15-30-21)16-36-11-12-37(2,3)4/h6,10,13,15H,5,7-9,11-12,14,16H2,2-4H3,(H,29,35). The highest BCUT2D eigenvalue weighted by Gasteiger charge is 2.29. The van der Waals surface area contributed by atoms with Crippen LogP contribution in [0.5, 0.6) is 0 Å². The molecule has 0 saturated heterocycles. The SMILES string of the molecule is [C-]#[N+]c1cn(C(=O)NCCC(F)(F)F)c2c1CCN(c1ncnc3c1ccn3COCC[Si](C)(C)C)C2. The van der Waals surface area contributed by atoms with E-state index in [9.17, 15) is 18.0 Å². The van der Waals surface area contributed by atoms with Gasteiger partial charge in [0.1, 0.15) is 24.5 Å². The molecule has 0 radical (unpaired) electrons. The highest BCUT2D eigenvalue weighted by Crippen LogP contribution is 2.34. The molecule has 0 spiro atoms. The van der Waals surface area contributed by atoms with E-state index in [0.717, 1.165) is 22.6 Å². The number of nitrogens with one attached hydrogen (secondary N) is 1. The number of halogens is 3. The molecule has 1 aliphatic heterocycles. The fourth-order valence-corrected chi connectivity index (χ4v) is 5.02. The number of carbonyl (C=O) groups excluding carboxylic acids is 1. The summed E-state index contributed by atoms with van der Waals surface area (Å²) in [6.07, 6.45) is -0.201. The number of ether oxygens (including phenoxy) is 1. The van der Waals surface area contributed by atoms with Crippen molar-refractivity contribution < 1.29 is 22.7 Å². The van der Waals surface area contributed by atoms with Crippen molar-refractivity contribution in [2.24, 2.45) is 0 Å². The lowest BCUT2D eigenvalue weighted by molar-refractivity contribution is -0.132. The highest BCUT2D eigenvalue weighted by atomic mass is 28.3. The van der Waals surface area contributed by atoms with Gasteiger partial charge in [-0.25, -0.2) is 19.6 Å².